The zero-order valence-electron chi connectivity index (χ0n) is 15.2. The molecule has 24 heavy (non-hydrogen) atoms. The Balaban J connectivity index is 2.22. The van der Waals surface area contributed by atoms with Crippen molar-refractivity contribution in [3.8, 4) is 0 Å². The second kappa shape index (κ2) is 6.52. The smallest absolute Gasteiger partial charge is 0.0493 e. The van der Waals surface area contributed by atoms with Crippen LogP contribution in [0.2, 0.25) is 0 Å². The Kier molecular flexibility index (Phi) is 4.44. The molecule has 0 aliphatic rings. The summed E-state index contributed by atoms with van der Waals surface area (Å²) in [6.45, 7) is 10.8. The van der Waals surface area contributed by atoms with E-state index in [9.17, 15) is 0 Å². The van der Waals surface area contributed by atoms with E-state index >= 15 is 0 Å². The van der Waals surface area contributed by atoms with Gasteiger partial charge in [-0.05, 0) is 87.2 Å². The van der Waals surface area contributed by atoms with Crippen molar-refractivity contribution < 1.29 is 0 Å². The van der Waals surface area contributed by atoms with Crippen molar-refractivity contribution in [3.63, 3.8) is 0 Å². The van der Waals surface area contributed by atoms with Crippen LogP contribution in [0, 0.1) is 34.6 Å². The Morgan fingerprint density at radius 1 is 0.583 bits per heavy atom. The highest BCUT2D eigenvalue weighted by atomic mass is 15.1. The molecule has 3 aromatic rings. The highest BCUT2D eigenvalue weighted by Crippen LogP contribution is 2.37. The highest BCUT2D eigenvalue weighted by Gasteiger charge is 2.15. The Hall–Kier alpha value is -2.54. The minimum absolute atomic E-state index is 1.19. The molecular formula is C23H25N. The highest BCUT2D eigenvalue weighted by molar-refractivity contribution is 5.79. The van der Waals surface area contributed by atoms with Crippen LogP contribution in [0.4, 0.5) is 17.1 Å². The molecule has 0 N–H and O–H groups in total. The Morgan fingerprint density at radius 3 is 1.92 bits per heavy atom. The van der Waals surface area contributed by atoms with Crippen LogP contribution in [0.25, 0.3) is 0 Å². The monoisotopic (exact) mass is 315 g/mol. The van der Waals surface area contributed by atoms with E-state index in [0.29, 0.717) is 0 Å². The van der Waals surface area contributed by atoms with Crippen molar-refractivity contribution in [2.75, 3.05) is 4.90 Å². The molecular weight excluding hydrogens is 290 g/mol. The second-order valence-corrected chi connectivity index (χ2v) is 6.66. The van der Waals surface area contributed by atoms with Gasteiger partial charge in [0, 0.05) is 17.1 Å². The van der Waals surface area contributed by atoms with Gasteiger partial charge in [-0.25, -0.2) is 0 Å². The number of rotatable bonds is 3. The average molecular weight is 315 g/mol. The first kappa shape index (κ1) is 16.3. The Labute approximate surface area is 145 Å². The van der Waals surface area contributed by atoms with Crippen molar-refractivity contribution in [1.82, 2.24) is 0 Å². The fourth-order valence-electron chi connectivity index (χ4n) is 2.96. The molecule has 0 atom stereocenters. The van der Waals surface area contributed by atoms with Gasteiger partial charge in [-0.2, -0.15) is 0 Å². The van der Waals surface area contributed by atoms with Crippen molar-refractivity contribution >= 4 is 17.1 Å². The fraction of sp³-hybridized carbons (Fsp3) is 0.217. The summed E-state index contributed by atoms with van der Waals surface area (Å²) in [5.41, 5.74) is 10.2. The molecule has 1 nitrogen and oxygen atoms in total. The van der Waals surface area contributed by atoms with Crippen LogP contribution >= 0.6 is 0 Å². The van der Waals surface area contributed by atoms with E-state index in [1.54, 1.807) is 0 Å². The van der Waals surface area contributed by atoms with Crippen LogP contribution in [-0.4, -0.2) is 0 Å². The van der Waals surface area contributed by atoms with Crippen LogP contribution in [0.5, 0.6) is 0 Å². The van der Waals surface area contributed by atoms with Crippen molar-refractivity contribution in [2.45, 2.75) is 34.6 Å². The van der Waals surface area contributed by atoms with E-state index in [1.165, 1.54) is 44.9 Å². The number of hydrogen-bond acceptors (Lipinski definition) is 1. The van der Waals surface area contributed by atoms with Gasteiger partial charge in [0.1, 0.15) is 0 Å². The molecule has 1 heteroatoms. The van der Waals surface area contributed by atoms with Gasteiger partial charge in [0.25, 0.3) is 0 Å². The average Bonchev–Trinajstić information content (AvgIpc) is 2.56. The first-order valence-electron chi connectivity index (χ1n) is 8.47. The summed E-state index contributed by atoms with van der Waals surface area (Å²) in [6, 6.07) is 22.0. The van der Waals surface area contributed by atoms with Gasteiger partial charge in [0.2, 0.25) is 0 Å². The second-order valence-electron chi connectivity index (χ2n) is 6.66. The molecule has 0 saturated heterocycles. The summed E-state index contributed by atoms with van der Waals surface area (Å²) in [4.78, 5) is 2.36. The van der Waals surface area contributed by atoms with Gasteiger partial charge < -0.3 is 4.90 Å². The molecule has 0 radical (unpaired) electrons. The third-order valence-corrected chi connectivity index (χ3v) is 4.86. The van der Waals surface area contributed by atoms with Crippen molar-refractivity contribution in [1.29, 1.82) is 0 Å². The van der Waals surface area contributed by atoms with Crippen molar-refractivity contribution in [2.24, 2.45) is 0 Å². The van der Waals surface area contributed by atoms with Crippen LogP contribution < -0.4 is 4.90 Å². The number of anilines is 3. The predicted octanol–water partition coefficient (Wildman–Crippen LogP) is 6.70. The molecule has 3 rings (SSSR count). The quantitative estimate of drug-likeness (QED) is 0.520. The fourth-order valence-corrected chi connectivity index (χ4v) is 2.96. The summed E-state index contributed by atoms with van der Waals surface area (Å²) < 4.78 is 0. The molecule has 0 unspecified atom stereocenters. The van der Waals surface area contributed by atoms with Crippen molar-refractivity contribution in [3.05, 3.63) is 88.5 Å². The van der Waals surface area contributed by atoms with E-state index in [2.05, 4.69) is 100 Å². The van der Waals surface area contributed by atoms with Crippen LogP contribution in [0.1, 0.15) is 27.8 Å². The van der Waals surface area contributed by atoms with E-state index in [0.717, 1.165) is 0 Å². The van der Waals surface area contributed by atoms with E-state index in [4.69, 9.17) is 0 Å². The molecule has 0 heterocycles. The van der Waals surface area contributed by atoms with E-state index in [-0.39, 0.29) is 0 Å². The van der Waals surface area contributed by atoms with Gasteiger partial charge in [-0.3, -0.25) is 0 Å². The predicted molar refractivity (Wildman–Crippen MR) is 105 cm³/mol. The number of aryl methyl sites for hydroxylation is 4. The molecule has 0 aromatic heterocycles. The SMILES string of the molecule is Cc1ccc(N(c2ccc(C)c(C)c2)c2cccc(C)c2C)cc1. The summed E-state index contributed by atoms with van der Waals surface area (Å²) in [5, 5.41) is 0. The van der Waals surface area contributed by atoms with Gasteiger partial charge in [0.05, 0.1) is 0 Å². The number of hydrogen-bond donors (Lipinski definition) is 0. The lowest BCUT2D eigenvalue weighted by Gasteiger charge is -2.28. The molecule has 0 aliphatic carbocycles. The van der Waals surface area contributed by atoms with Gasteiger partial charge >= 0.3 is 0 Å². The molecule has 0 amide bonds. The maximum atomic E-state index is 2.36. The Bertz CT molecular complexity index is 860. The van der Waals surface area contributed by atoms with Crippen LogP contribution in [-0.2, 0) is 0 Å². The van der Waals surface area contributed by atoms with E-state index in [1.807, 2.05) is 0 Å². The standard InChI is InChI=1S/C23H25N/c1-16-9-12-21(13-10-16)24(22-14-11-17(2)19(4)15-22)23-8-6-7-18(3)20(23)5/h6-15H,1-5H3. The first-order valence-corrected chi connectivity index (χ1v) is 8.47. The van der Waals surface area contributed by atoms with Gasteiger partial charge in [-0.15, -0.1) is 0 Å². The van der Waals surface area contributed by atoms with Gasteiger partial charge in [0.15, 0.2) is 0 Å². The maximum absolute atomic E-state index is 2.36. The maximum Gasteiger partial charge on any atom is 0.0493 e. The number of nitrogens with zero attached hydrogens (tertiary/aromatic N) is 1. The van der Waals surface area contributed by atoms with Gasteiger partial charge in [-0.1, -0.05) is 35.9 Å². The minimum Gasteiger partial charge on any atom is -0.310 e. The lowest BCUT2D eigenvalue weighted by atomic mass is 10.0. The summed E-state index contributed by atoms with van der Waals surface area (Å²) >= 11 is 0. The molecule has 3 aromatic carbocycles. The topological polar surface area (TPSA) is 3.24 Å². The summed E-state index contributed by atoms with van der Waals surface area (Å²) in [6.07, 6.45) is 0. The van der Waals surface area contributed by atoms with Crippen LogP contribution in [0.15, 0.2) is 60.7 Å². The summed E-state index contributed by atoms with van der Waals surface area (Å²) in [5.74, 6) is 0. The van der Waals surface area contributed by atoms with E-state index < -0.39 is 0 Å². The largest absolute Gasteiger partial charge is 0.310 e. The Morgan fingerprint density at radius 2 is 1.25 bits per heavy atom. The number of benzene rings is 3. The molecule has 122 valence electrons. The minimum atomic E-state index is 1.19. The molecule has 0 saturated carbocycles. The lowest BCUT2D eigenvalue weighted by Crippen LogP contribution is -2.12. The first-order chi connectivity index (χ1) is 11.5. The molecule has 0 aliphatic heterocycles. The zero-order valence-corrected chi connectivity index (χ0v) is 15.2. The van der Waals surface area contributed by atoms with Crippen LogP contribution in [0.3, 0.4) is 0 Å². The normalized spacial score (nSPS) is 10.7. The molecule has 0 spiro atoms. The molecule has 0 fully saturated rings. The third-order valence-electron chi connectivity index (χ3n) is 4.86. The summed E-state index contributed by atoms with van der Waals surface area (Å²) in [7, 11) is 0. The third kappa shape index (κ3) is 3.07. The zero-order chi connectivity index (χ0) is 17.3. The lowest BCUT2D eigenvalue weighted by molar-refractivity contribution is 1.21. The molecule has 0 bridgehead atoms.